The SMILES string of the molecule is CCCCC(CC)C(=O)NCCSCC(=O)O. The van der Waals surface area contributed by atoms with Gasteiger partial charge in [-0.3, -0.25) is 9.59 Å². The summed E-state index contributed by atoms with van der Waals surface area (Å²) in [4.78, 5) is 22.0. The number of unbranched alkanes of at least 4 members (excludes halogenated alkanes) is 1. The Hall–Kier alpha value is -0.710. The second-order valence-electron chi connectivity index (χ2n) is 3.98. The minimum absolute atomic E-state index is 0.100. The lowest BCUT2D eigenvalue weighted by atomic mass is 9.98. The van der Waals surface area contributed by atoms with E-state index in [9.17, 15) is 9.59 Å². The van der Waals surface area contributed by atoms with E-state index in [1.165, 1.54) is 11.8 Å². The van der Waals surface area contributed by atoms with E-state index in [-0.39, 0.29) is 17.6 Å². The van der Waals surface area contributed by atoms with Crippen molar-refractivity contribution < 1.29 is 14.7 Å². The van der Waals surface area contributed by atoms with Crippen molar-refractivity contribution in [3.05, 3.63) is 0 Å². The van der Waals surface area contributed by atoms with E-state index >= 15 is 0 Å². The van der Waals surface area contributed by atoms with E-state index in [1.807, 2.05) is 6.92 Å². The van der Waals surface area contributed by atoms with Crippen molar-refractivity contribution in [2.75, 3.05) is 18.1 Å². The molecule has 100 valence electrons. The third-order valence-corrected chi connectivity index (χ3v) is 3.48. The number of carbonyl (C=O) groups is 2. The van der Waals surface area contributed by atoms with Crippen molar-refractivity contribution in [1.82, 2.24) is 5.32 Å². The number of carboxylic acids is 1. The summed E-state index contributed by atoms with van der Waals surface area (Å²) in [5.74, 6) is 0.164. The highest BCUT2D eigenvalue weighted by Gasteiger charge is 2.14. The van der Waals surface area contributed by atoms with Crippen molar-refractivity contribution in [3.8, 4) is 0 Å². The fourth-order valence-electron chi connectivity index (χ4n) is 1.52. The monoisotopic (exact) mass is 261 g/mol. The lowest BCUT2D eigenvalue weighted by Gasteiger charge is -2.14. The Balaban J connectivity index is 3.64. The molecule has 1 unspecified atom stereocenters. The molecular weight excluding hydrogens is 238 g/mol. The van der Waals surface area contributed by atoms with Crippen LogP contribution in [0, 0.1) is 5.92 Å². The molecule has 17 heavy (non-hydrogen) atoms. The molecule has 4 nitrogen and oxygen atoms in total. The van der Waals surface area contributed by atoms with Crippen LogP contribution >= 0.6 is 11.8 Å². The highest BCUT2D eigenvalue weighted by Crippen LogP contribution is 2.12. The molecule has 2 N–H and O–H groups in total. The van der Waals surface area contributed by atoms with Gasteiger partial charge >= 0.3 is 5.97 Å². The number of carbonyl (C=O) groups excluding carboxylic acids is 1. The molecule has 0 aliphatic carbocycles. The number of thioether (sulfide) groups is 1. The lowest BCUT2D eigenvalue weighted by Crippen LogP contribution is -2.32. The van der Waals surface area contributed by atoms with E-state index in [0.717, 1.165) is 25.7 Å². The van der Waals surface area contributed by atoms with Crippen molar-refractivity contribution in [1.29, 1.82) is 0 Å². The van der Waals surface area contributed by atoms with Crippen LogP contribution in [0.25, 0.3) is 0 Å². The maximum atomic E-state index is 11.7. The summed E-state index contributed by atoms with van der Waals surface area (Å²) in [6.07, 6.45) is 4.01. The summed E-state index contributed by atoms with van der Waals surface area (Å²) >= 11 is 1.33. The Morgan fingerprint density at radius 1 is 1.35 bits per heavy atom. The van der Waals surface area contributed by atoms with Crippen molar-refractivity contribution in [3.63, 3.8) is 0 Å². The highest BCUT2D eigenvalue weighted by molar-refractivity contribution is 7.99. The number of hydrogen-bond donors (Lipinski definition) is 2. The molecule has 0 saturated carbocycles. The second-order valence-corrected chi connectivity index (χ2v) is 5.09. The Labute approximate surface area is 108 Å². The number of aliphatic carboxylic acids is 1. The topological polar surface area (TPSA) is 66.4 Å². The van der Waals surface area contributed by atoms with Gasteiger partial charge in [0.2, 0.25) is 5.91 Å². The Morgan fingerprint density at radius 3 is 2.59 bits per heavy atom. The average molecular weight is 261 g/mol. The van der Waals surface area contributed by atoms with Gasteiger partial charge in [0, 0.05) is 18.2 Å². The standard InChI is InChI=1S/C12H23NO3S/c1-3-5-6-10(4-2)12(16)13-7-8-17-9-11(14)15/h10H,3-9H2,1-2H3,(H,13,16)(H,14,15). The zero-order chi connectivity index (χ0) is 13.1. The van der Waals surface area contributed by atoms with Crippen LogP contribution in [0.3, 0.4) is 0 Å². The van der Waals surface area contributed by atoms with Crippen LogP contribution in [0.5, 0.6) is 0 Å². The first kappa shape index (κ1) is 16.3. The van der Waals surface area contributed by atoms with Gasteiger partial charge in [-0.15, -0.1) is 11.8 Å². The molecular formula is C12H23NO3S. The second kappa shape index (κ2) is 10.4. The van der Waals surface area contributed by atoms with Crippen molar-refractivity contribution in [2.45, 2.75) is 39.5 Å². The number of hydrogen-bond acceptors (Lipinski definition) is 3. The predicted octanol–water partition coefficient (Wildman–Crippen LogP) is 2.14. The average Bonchev–Trinajstić information content (AvgIpc) is 2.29. The molecule has 0 saturated heterocycles. The van der Waals surface area contributed by atoms with E-state index in [2.05, 4.69) is 12.2 Å². The molecule has 0 aliphatic heterocycles. The zero-order valence-corrected chi connectivity index (χ0v) is 11.5. The van der Waals surface area contributed by atoms with Gasteiger partial charge in [0.15, 0.2) is 0 Å². The van der Waals surface area contributed by atoms with Crippen molar-refractivity contribution in [2.24, 2.45) is 5.92 Å². The molecule has 0 aliphatic rings. The minimum atomic E-state index is -0.810. The first-order chi connectivity index (χ1) is 8.11. The van der Waals surface area contributed by atoms with Gasteiger partial charge in [-0.25, -0.2) is 0 Å². The van der Waals surface area contributed by atoms with Crippen LogP contribution in [0.15, 0.2) is 0 Å². The summed E-state index contributed by atoms with van der Waals surface area (Å²) in [5.41, 5.74) is 0. The van der Waals surface area contributed by atoms with Crippen LogP contribution in [-0.4, -0.2) is 35.0 Å². The maximum Gasteiger partial charge on any atom is 0.313 e. The quantitative estimate of drug-likeness (QED) is 0.591. The summed E-state index contributed by atoms with van der Waals surface area (Å²) < 4.78 is 0. The molecule has 0 radical (unpaired) electrons. The summed E-state index contributed by atoms with van der Waals surface area (Å²) in [7, 11) is 0. The van der Waals surface area contributed by atoms with Crippen LogP contribution in [0.2, 0.25) is 0 Å². The van der Waals surface area contributed by atoms with Crippen LogP contribution in [-0.2, 0) is 9.59 Å². The maximum absolute atomic E-state index is 11.7. The van der Waals surface area contributed by atoms with Gasteiger partial charge in [-0.2, -0.15) is 0 Å². The van der Waals surface area contributed by atoms with E-state index in [1.54, 1.807) is 0 Å². The number of carboxylic acid groups (broad SMARTS) is 1. The van der Waals surface area contributed by atoms with Crippen LogP contribution < -0.4 is 5.32 Å². The molecule has 0 rings (SSSR count). The molecule has 1 amide bonds. The van der Waals surface area contributed by atoms with Gasteiger partial charge in [0.25, 0.3) is 0 Å². The van der Waals surface area contributed by atoms with Crippen molar-refractivity contribution >= 4 is 23.6 Å². The number of amides is 1. The van der Waals surface area contributed by atoms with Gasteiger partial charge in [-0.05, 0) is 12.8 Å². The zero-order valence-electron chi connectivity index (χ0n) is 10.7. The van der Waals surface area contributed by atoms with Gasteiger partial charge in [0.05, 0.1) is 5.75 Å². The Kier molecular flexibility index (Phi) is 10.0. The minimum Gasteiger partial charge on any atom is -0.481 e. The third-order valence-electron chi connectivity index (χ3n) is 2.54. The van der Waals surface area contributed by atoms with Crippen LogP contribution in [0.1, 0.15) is 39.5 Å². The predicted molar refractivity (Wildman–Crippen MR) is 71.3 cm³/mol. The molecule has 0 spiro atoms. The van der Waals surface area contributed by atoms with Gasteiger partial charge in [0.1, 0.15) is 0 Å². The molecule has 0 aromatic heterocycles. The number of rotatable bonds is 10. The van der Waals surface area contributed by atoms with Gasteiger partial charge < -0.3 is 10.4 Å². The smallest absolute Gasteiger partial charge is 0.313 e. The third kappa shape index (κ3) is 9.03. The van der Waals surface area contributed by atoms with Gasteiger partial charge in [-0.1, -0.05) is 26.7 Å². The van der Waals surface area contributed by atoms with E-state index in [0.29, 0.717) is 12.3 Å². The Morgan fingerprint density at radius 2 is 2.06 bits per heavy atom. The largest absolute Gasteiger partial charge is 0.481 e. The lowest BCUT2D eigenvalue weighted by molar-refractivity contribution is -0.134. The Bertz CT molecular complexity index is 234. The molecule has 0 bridgehead atoms. The normalized spacial score (nSPS) is 12.1. The summed E-state index contributed by atoms with van der Waals surface area (Å²) in [6, 6.07) is 0. The van der Waals surface area contributed by atoms with Crippen LogP contribution in [0.4, 0.5) is 0 Å². The first-order valence-electron chi connectivity index (χ1n) is 6.19. The summed E-state index contributed by atoms with van der Waals surface area (Å²) in [6.45, 7) is 4.70. The fraction of sp³-hybridized carbons (Fsp3) is 0.833. The molecule has 5 heteroatoms. The highest BCUT2D eigenvalue weighted by atomic mass is 32.2. The summed E-state index contributed by atoms with van der Waals surface area (Å²) in [5, 5.41) is 11.3. The number of nitrogens with one attached hydrogen (secondary N) is 1. The molecule has 0 aromatic rings. The molecule has 0 aromatic carbocycles. The molecule has 0 heterocycles. The first-order valence-corrected chi connectivity index (χ1v) is 7.34. The molecule has 1 atom stereocenters. The van der Waals surface area contributed by atoms with E-state index in [4.69, 9.17) is 5.11 Å². The van der Waals surface area contributed by atoms with E-state index < -0.39 is 5.97 Å². The molecule has 0 fully saturated rings. The fourth-order valence-corrected chi connectivity index (χ4v) is 2.09.